The minimum absolute atomic E-state index is 0. The fourth-order valence-electron chi connectivity index (χ4n) is 8.68. The summed E-state index contributed by atoms with van der Waals surface area (Å²) >= 11 is 0. The predicted molar refractivity (Wildman–Crippen MR) is 211 cm³/mol. The molecule has 1 amide bonds. The van der Waals surface area contributed by atoms with Crippen LogP contribution >= 0.6 is 0 Å². The van der Waals surface area contributed by atoms with Crippen LogP contribution in [0.1, 0.15) is 81.6 Å². The van der Waals surface area contributed by atoms with Crippen molar-refractivity contribution >= 4 is 34.8 Å². The molecule has 4 heterocycles. The van der Waals surface area contributed by atoms with Crippen molar-refractivity contribution in [2.45, 2.75) is 140 Å². The second-order valence-corrected chi connectivity index (χ2v) is 16.8. The van der Waals surface area contributed by atoms with E-state index in [1.165, 1.54) is 6.92 Å². The first-order valence-electron chi connectivity index (χ1n) is 19.8. The predicted octanol–water partition coefficient (Wildman–Crippen LogP) is 5.22. The zero-order valence-corrected chi connectivity index (χ0v) is 34.4. The molecular formula is C42H63FN4O9. The molecule has 1 aromatic heterocycles. The lowest BCUT2D eigenvalue weighted by atomic mass is 9.77. The Morgan fingerprint density at radius 3 is 2.54 bits per heavy atom. The standard InChI is InChI=1S/C42H61FN4O9.H2/c1-11-32-42(8)34(46-39(51)56-42)27(5)44-22-24(2)21-40(6,52-18-14-15-28-20-29-16-12-13-17-30(29)45-23-28)36(26(4)35(49)41(7,43)38(50)54-32)55-37-33(48)31(47(9)10)19-25(3)53-37;/h12-17,20,23-27,31-34,36-37,44,48H,11,18-19,21-22H2,1-10H3,(H,46,51);1H/b15-14+;/t24-,25-,26+,27-,31?,32-,33?,34-,36?,37+,40-,41?,42-;/m1./s1. The van der Waals surface area contributed by atoms with E-state index in [1.54, 1.807) is 27.0 Å². The number of hydrogen-bond donors (Lipinski definition) is 3. The molecule has 3 N–H and O–H groups in total. The molecule has 13 atom stereocenters. The highest BCUT2D eigenvalue weighted by molar-refractivity contribution is 6.07. The Labute approximate surface area is 331 Å². The van der Waals surface area contributed by atoms with Gasteiger partial charge in [-0.15, -0.1) is 0 Å². The number of carbonyl (C=O) groups is 3. The molecule has 0 spiro atoms. The van der Waals surface area contributed by atoms with Gasteiger partial charge >= 0.3 is 12.1 Å². The number of likely N-dealkylation sites (N-methyl/N-ethyl adjacent to an activating group) is 1. The summed E-state index contributed by atoms with van der Waals surface area (Å²) in [4.78, 5) is 47.3. The van der Waals surface area contributed by atoms with E-state index in [-0.39, 0.29) is 38.6 Å². The number of aromatic nitrogens is 1. The van der Waals surface area contributed by atoms with Gasteiger partial charge in [-0.25, -0.2) is 14.0 Å². The van der Waals surface area contributed by atoms with E-state index >= 15 is 4.39 Å². The number of amides is 1. The van der Waals surface area contributed by atoms with Crippen molar-refractivity contribution in [3.63, 3.8) is 0 Å². The molecule has 0 bridgehead atoms. The zero-order chi connectivity index (χ0) is 41.2. The molecule has 4 unspecified atom stereocenters. The number of aliphatic hydroxyl groups is 1. The number of nitrogens with one attached hydrogen (secondary N) is 2. The average Bonchev–Trinajstić information content (AvgIpc) is 3.47. The van der Waals surface area contributed by atoms with E-state index < -0.39 is 71.3 Å². The fraction of sp³-hybridized carbons (Fsp3) is 0.667. The van der Waals surface area contributed by atoms with Crippen molar-refractivity contribution in [3.05, 3.63) is 48.2 Å². The Bertz CT molecular complexity index is 1750. The number of carbonyl (C=O) groups excluding carboxylic acids is 3. The van der Waals surface area contributed by atoms with Gasteiger partial charge in [0.05, 0.1) is 36.0 Å². The highest BCUT2D eigenvalue weighted by Crippen LogP contribution is 2.39. The van der Waals surface area contributed by atoms with Gasteiger partial charge in [-0.3, -0.25) is 9.78 Å². The summed E-state index contributed by atoms with van der Waals surface area (Å²) in [6.45, 7) is 13.9. The number of aliphatic hydroxyl groups excluding tert-OH is 1. The minimum atomic E-state index is -3.14. The topological polar surface area (TPSA) is 158 Å². The number of para-hydroxylation sites is 1. The van der Waals surface area contributed by atoms with Gasteiger partial charge in [0.1, 0.15) is 12.2 Å². The Hall–Kier alpha value is -3.53. The number of ether oxygens (including phenoxy) is 5. The van der Waals surface area contributed by atoms with E-state index in [1.807, 2.05) is 82.3 Å². The van der Waals surface area contributed by atoms with E-state index in [9.17, 15) is 19.5 Å². The quantitative estimate of drug-likeness (QED) is 0.237. The highest BCUT2D eigenvalue weighted by atomic mass is 19.1. The summed E-state index contributed by atoms with van der Waals surface area (Å²) in [7, 11) is 3.71. The van der Waals surface area contributed by atoms with Crippen molar-refractivity contribution in [2.24, 2.45) is 11.8 Å². The van der Waals surface area contributed by atoms with Crippen LogP contribution in [0.25, 0.3) is 17.0 Å². The molecule has 56 heavy (non-hydrogen) atoms. The number of esters is 1. The summed E-state index contributed by atoms with van der Waals surface area (Å²) in [6.07, 6.45) is 0.890. The van der Waals surface area contributed by atoms with Gasteiger partial charge in [0, 0.05) is 31.0 Å². The van der Waals surface area contributed by atoms with Gasteiger partial charge in [0.25, 0.3) is 5.67 Å². The number of cyclic esters (lactones) is 1. The maximum atomic E-state index is 16.9. The number of fused-ring (bicyclic) bond motifs is 2. The molecule has 1 aromatic carbocycles. The number of nitrogens with zero attached hydrogens (tertiary/aromatic N) is 2. The summed E-state index contributed by atoms with van der Waals surface area (Å²) in [6, 6.07) is 8.46. The van der Waals surface area contributed by atoms with Crippen LogP contribution in [0, 0.1) is 11.8 Å². The molecule has 2 aromatic rings. The molecule has 14 heteroatoms. The van der Waals surface area contributed by atoms with Gasteiger partial charge in [-0.05, 0) is 98.1 Å². The Balaban J connectivity index is 0.00000720. The first kappa shape index (κ1) is 43.6. The van der Waals surface area contributed by atoms with E-state index in [2.05, 4.69) is 15.6 Å². The lowest BCUT2D eigenvalue weighted by molar-refractivity contribution is -0.297. The lowest BCUT2D eigenvalue weighted by Crippen LogP contribution is -2.61. The van der Waals surface area contributed by atoms with Gasteiger partial charge < -0.3 is 44.3 Å². The van der Waals surface area contributed by atoms with Crippen molar-refractivity contribution in [2.75, 3.05) is 27.2 Å². The second-order valence-electron chi connectivity index (χ2n) is 16.8. The maximum Gasteiger partial charge on any atom is 0.408 e. The molecule has 3 saturated heterocycles. The van der Waals surface area contributed by atoms with Crippen LogP contribution in [-0.2, 0) is 33.3 Å². The molecule has 0 aliphatic carbocycles. The molecule has 0 saturated carbocycles. The molecule has 3 aliphatic heterocycles. The number of alkyl halides is 1. The zero-order valence-electron chi connectivity index (χ0n) is 34.4. The summed E-state index contributed by atoms with van der Waals surface area (Å²) < 4.78 is 48.0. The van der Waals surface area contributed by atoms with Gasteiger partial charge in [0.2, 0.25) is 0 Å². The van der Waals surface area contributed by atoms with Crippen LogP contribution in [0.3, 0.4) is 0 Å². The Kier molecular flexibility index (Phi) is 13.6. The number of alkyl carbamates (subject to hydrolysis) is 1. The van der Waals surface area contributed by atoms with Crippen molar-refractivity contribution in [1.29, 1.82) is 0 Å². The minimum Gasteiger partial charge on any atom is -0.455 e. The third-order valence-corrected chi connectivity index (χ3v) is 11.8. The van der Waals surface area contributed by atoms with Crippen molar-refractivity contribution in [3.8, 4) is 0 Å². The lowest BCUT2D eigenvalue weighted by Gasteiger charge is -2.47. The van der Waals surface area contributed by atoms with Crippen molar-refractivity contribution in [1.82, 2.24) is 20.5 Å². The molecule has 5 rings (SSSR count). The molecule has 3 fully saturated rings. The molecular weight excluding hydrogens is 723 g/mol. The summed E-state index contributed by atoms with van der Waals surface area (Å²) in [5, 5.41) is 18.9. The number of pyridine rings is 1. The van der Waals surface area contributed by atoms with Crippen LogP contribution in [0.15, 0.2) is 42.6 Å². The molecule has 312 valence electrons. The average molecular weight is 787 g/mol. The monoisotopic (exact) mass is 786 g/mol. The van der Waals surface area contributed by atoms with Crippen LogP contribution < -0.4 is 10.6 Å². The molecule has 3 aliphatic rings. The number of Topliss-reactive ketones (excluding diaryl/α,β-unsaturated/α-hetero) is 1. The van der Waals surface area contributed by atoms with Gasteiger partial charge in [0.15, 0.2) is 17.7 Å². The maximum absolute atomic E-state index is 16.9. The van der Waals surface area contributed by atoms with E-state index in [0.717, 1.165) is 23.4 Å². The first-order valence-corrected chi connectivity index (χ1v) is 19.8. The Morgan fingerprint density at radius 1 is 1.12 bits per heavy atom. The number of benzene rings is 1. The van der Waals surface area contributed by atoms with E-state index in [0.29, 0.717) is 19.4 Å². The second kappa shape index (κ2) is 17.5. The van der Waals surface area contributed by atoms with E-state index in [4.69, 9.17) is 23.7 Å². The third kappa shape index (κ3) is 9.26. The summed E-state index contributed by atoms with van der Waals surface area (Å²) in [5.41, 5.74) is -4.09. The van der Waals surface area contributed by atoms with Gasteiger partial charge in [-0.1, -0.05) is 51.1 Å². The number of rotatable bonds is 8. The SMILES string of the molecule is CC[C@H]1OC(=O)C(C)(F)C(=O)[C@H](C)C(O[C@@H]2O[C@H](C)CC(N(C)C)C2O)[C@](C)(OC/C=C/c2cnc3ccccc3c2)C[C@@H](C)CN[C@H](C)[C@H]2NC(=O)O[C@@]21C.[HH]. The van der Waals surface area contributed by atoms with Crippen molar-refractivity contribution < 1.29 is 49.0 Å². The van der Waals surface area contributed by atoms with Crippen LogP contribution in [0.2, 0.25) is 0 Å². The molecule has 13 nitrogen and oxygen atoms in total. The molecule has 0 radical (unpaired) electrons. The largest absolute Gasteiger partial charge is 0.455 e. The van der Waals surface area contributed by atoms with Crippen LogP contribution in [0.5, 0.6) is 0 Å². The highest BCUT2D eigenvalue weighted by Gasteiger charge is 2.58. The third-order valence-electron chi connectivity index (χ3n) is 11.8. The fourth-order valence-corrected chi connectivity index (χ4v) is 8.68. The first-order chi connectivity index (χ1) is 26.3. The van der Waals surface area contributed by atoms with Gasteiger partial charge in [-0.2, -0.15) is 0 Å². The smallest absolute Gasteiger partial charge is 0.408 e. The summed E-state index contributed by atoms with van der Waals surface area (Å²) in [5.74, 6) is -3.94. The number of halogens is 1. The number of hydrogen-bond acceptors (Lipinski definition) is 12. The number of ketones is 1. The van der Waals surface area contributed by atoms with Crippen LogP contribution in [-0.4, -0.2) is 126 Å². The normalized spacial score (nSPS) is 39.1. The van der Waals surface area contributed by atoms with Crippen LogP contribution in [0.4, 0.5) is 9.18 Å². The Morgan fingerprint density at radius 2 is 1.84 bits per heavy atom.